The molecule has 2 unspecified atom stereocenters. The molecule has 19 heavy (non-hydrogen) atoms. The van der Waals surface area contributed by atoms with Crippen molar-refractivity contribution < 1.29 is 9.47 Å². The van der Waals surface area contributed by atoms with Crippen LogP contribution < -0.4 is 5.32 Å². The van der Waals surface area contributed by atoms with E-state index in [0.29, 0.717) is 19.3 Å². The Morgan fingerprint density at radius 2 is 2.05 bits per heavy atom. The summed E-state index contributed by atoms with van der Waals surface area (Å²) < 4.78 is 10.6. The highest BCUT2D eigenvalue weighted by molar-refractivity contribution is 4.94. The highest BCUT2D eigenvalue weighted by atomic mass is 16.5. The molecule has 2 rings (SSSR count). The van der Waals surface area contributed by atoms with Gasteiger partial charge in [-0.15, -0.1) is 0 Å². The van der Waals surface area contributed by atoms with Crippen molar-refractivity contribution in [2.24, 2.45) is 5.92 Å². The van der Waals surface area contributed by atoms with E-state index in [9.17, 15) is 0 Å². The van der Waals surface area contributed by atoms with Crippen molar-refractivity contribution in [2.45, 2.75) is 44.7 Å². The number of nitrogens with zero attached hydrogens (tertiary/aromatic N) is 1. The number of ether oxygens (including phenoxy) is 2. The van der Waals surface area contributed by atoms with E-state index < -0.39 is 0 Å². The minimum absolute atomic E-state index is 0.699. The summed E-state index contributed by atoms with van der Waals surface area (Å²) in [6.45, 7) is 7.97. The Morgan fingerprint density at radius 1 is 1.21 bits per heavy atom. The average molecular weight is 270 g/mol. The van der Waals surface area contributed by atoms with Crippen LogP contribution in [0.3, 0.4) is 0 Å². The first-order valence-corrected chi connectivity index (χ1v) is 7.89. The fourth-order valence-electron chi connectivity index (χ4n) is 3.01. The van der Waals surface area contributed by atoms with Gasteiger partial charge in [0, 0.05) is 38.8 Å². The number of hydrogen-bond acceptors (Lipinski definition) is 4. The van der Waals surface area contributed by atoms with E-state index in [1.54, 1.807) is 7.11 Å². The fraction of sp³-hybridized carbons (Fsp3) is 1.00. The maximum absolute atomic E-state index is 5.63. The van der Waals surface area contributed by atoms with Crippen LogP contribution in [-0.2, 0) is 9.47 Å². The standard InChI is InChI=1S/C15H30N2O2/c1-3-4-14-11-16-15(13-5-6-13)12-17(14)7-8-19-10-9-18-2/h13-16H,3-12H2,1-2H3. The van der Waals surface area contributed by atoms with Crippen LogP contribution in [0.4, 0.5) is 0 Å². The van der Waals surface area contributed by atoms with Gasteiger partial charge in [0.05, 0.1) is 19.8 Å². The molecule has 1 aliphatic carbocycles. The van der Waals surface area contributed by atoms with E-state index >= 15 is 0 Å². The molecular weight excluding hydrogens is 240 g/mol. The Labute approximate surface area is 117 Å². The first-order chi connectivity index (χ1) is 9.35. The molecule has 1 aliphatic heterocycles. The summed E-state index contributed by atoms with van der Waals surface area (Å²) in [7, 11) is 1.72. The second kappa shape index (κ2) is 8.20. The van der Waals surface area contributed by atoms with Crippen molar-refractivity contribution in [3.05, 3.63) is 0 Å². The fourth-order valence-corrected chi connectivity index (χ4v) is 3.01. The molecule has 0 spiro atoms. The third-order valence-corrected chi connectivity index (χ3v) is 4.33. The first-order valence-electron chi connectivity index (χ1n) is 7.89. The topological polar surface area (TPSA) is 33.7 Å². The van der Waals surface area contributed by atoms with Crippen molar-refractivity contribution >= 4 is 0 Å². The minimum Gasteiger partial charge on any atom is -0.382 e. The predicted molar refractivity (Wildman–Crippen MR) is 77.5 cm³/mol. The van der Waals surface area contributed by atoms with Crippen molar-refractivity contribution in [2.75, 3.05) is 46.6 Å². The van der Waals surface area contributed by atoms with Crippen molar-refractivity contribution in [3.63, 3.8) is 0 Å². The molecule has 0 aromatic carbocycles. The van der Waals surface area contributed by atoms with Gasteiger partial charge < -0.3 is 14.8 Å². The van der Waals surface area contributed by atoms with Crippen LogP contribution in [0.15, 0.2) is 0 Å². The molecule has 1 heterocycles. The second-order valence-electron chi connectivity index (χ2n) is 5.89. The molecule has 1 saturated heterocycles. The van der Waals surface area contributed by atoms with Crippen molar-refractivity contribution in [3.8, 4) is 0 Å². The lowest BCUT2D eigenvalue weighted by Crippen LogP contribution is -2.57. The molecule has 0 aromatic heterocycles. The van der Waals surface area contributed by atoms with Crippen LogP contribution in [0.1, 0.15) is 32.6 Å². The summed E-state index contributed by atoms with van der Waals surface area (Å²) in [6, 6.07) is 1.43. The Kier molecular flexibility index (Phi) is 6.57. The van der Waals surface area contributed by atoms with E-state index in [4.69, 9.17) is 9.47 Å². The number of nitrogens with one attached hydrogen (secondary N) is 1. The molecule has 0 aromatic rings. The van der Waals surface area contributed by atoms with E-state index in [0.717, 1.165) is 31.7 Å². The molecule has 2 aliphatic rings. The molecule has 112 valence electrons. The molecule has 1 saturated carbocycles. The second-order valence-corrected chi connectivity index (χ2v) is 5.89. The van der Waals surface area contributed by atoms with Gasteiger partial charge in [-0.1, -0.05) is 13.3 Å². The van der Waals surface area contributed by atoms with E-state index in [-0.39, 0.29) is 0 Å². The van der Waals surface area contributed by atoms with Gasteiger partial charge in [-0.05, 0) is 25.2 Å². The molecule has 1 N–H and O–H groups in total. The SMILES string of the molecule is CCCC1CNC(C2CC2)CN1CCOCCOC. The van der Waals surface area contributed by atoms with Crippen molar-refractivity contribution in [1.82, 2.24) is 10.2 Å². The zero-order valence-corrected chi connectivity index (χ0v) is 12.6. The molecule has 2 fully saturated rings. The maximum atomic E-state index is 5.63. The molecule has 0 amide bonds. The smallest absolute Gasteiger partial charge is 0.0700 e. The molecule has 2 atom stereocenters. The van der Waals surface area contributed by atoms with Gasteiger partial charge in [0.15, 0.2) is 0 Å². The largest absolute Gasteiger partial charge is 0.382 e. The van der Waals surface area contributed by atoms with Crippen molar-refractivity contribution in [1.29, 1.82) is 0 Å². The predicted octanol–water partition coefficient (Wildman–Crippen LogP) is 1.50. The van der Waals surface area contributed by atoms with Gasteiger partial charge in [0.2, 0.25) is 0 Å². The van der Waals surface area contributed by atoms with Gasteiger partial charge in [-0.2, -0.15) is 0 Å². The summed E-state index contributed by atoms with van der Waals surface area (Å²) in [5.74, 6) is 0.944. The summed E-state index contributed by atoms with van der Waals surface area (Å²) in [5, 5.41) is 3.75. The third kappa shape index (κ3) is 5.03. The van der Waals surface area contributed by atoms with E-state index in [2.05, 4.69) is 17.1 Å². The summed E-state index contributed by atoms with van der Waals surface area (Å²) in [4.78, 5) is 2.65. The van der Waals surface area contributed by atoms with Gasteiger partial charge in [-0.25, -0.2) is 0 Å². The van der Waals surface area contributed by atoms with Gasteiger partial charge in [-0.3, -0.25) is 4.90 Å². The van der Waals surface area contributed by atoms with E-state index in [1.807, 2.05) is 0 Å². The Bertz CT molecular complexity index is 246. The molecule has 0 bridgehead atoms. The van der Waals surface area contributed by atoms with Crippen LogP contribution in [0.25, 0.3) is 0 Å². The molecular formula is C15H30N2O2. The van der Waals surface area contributed by atoms with Crippen LogP contribution in [0.5, 0.6) is 0 Å². The zero-order chi connectivity index (χ0) is 13.5. The normalized spacial score (nSPS) is 28.7. The summed E-state index contributed by atoms with van der Waals surface area (Å²) in [5.41, 5.74) is 0. The maximum Gasteiger partial charge on any atom is 0.0700 e. The number of piperazine rings is 1. The lowest BCUT2D eigenvalue weighted by molar-refractivity contribution is 0.0362. The Balaban J connectivity index is 1.71. The highest BCUT2D eigenvalue weighted by Crippen LogP contribution is 2.34. The summed E-state index contributed by atoms with van der Waals surface area (Å²) in [6.07, 6.45) is 5.41. The highest BCUT2D eigenvalue weighted by Gasteiger charge is 2.36. The van der Waals surface area contributed by atoms with E-state index in [1.165, 1.54) is 32.2 Å². The third-order valence-electron chi connectivity index (χ3n) is 4.33. The number of rotatable bonds is 9. The Morgan fingerprint density at radius 3 is 2.74 bits per heavy atom. The van der Waals surface area contributed by atoms with Crippen LogP contribution in [0, 0.1) is 5.92 Å². The average Bonchev–Trinajstić information content (AvgIpc) is 3.25. The minimum atomic E-state index is 0.699. The van der Waals surface area contributed by atoms with Crippen LogP contribution in [0.2, 0.25) is 0 Å². The van der Waals surface area contributed by atoms with Gasteiger partial charge >= 0.3 is 0 Å². The monoisotopic (exact) mass is 270 g/mol. The molecule has 0 radical (unpaired) electrons. The van der Waals surface area contributed by atoms with Gasteiger partial charge in [0.1, 0.15) is 0 Å². The van der Waals surface area contributed by atoms with Crippen LogP contribution >= 0.6 is 0 Å². The number of hydrogen-bond donors (Lipinski definition) is 1. The summed E-state index contributed by atoms with van der Waals surface area (Å²) >= 11 is 0. The first kappa shape index (κ1) is 15.2. The number of methoxy groups -OCH3 is 1. The van der Waals surface area contributed by atoms with Crippen LogP contribution in [-0.4, -0.2) is 63.5 Å². The van der Waals surface area contributed by atoms with Gasteiger partial charge in [0.25, 0.3) is 0 Å². The lowest BCUT2D eigenvalue weighted by Gasteiger charge is -2.40. The lowest BCUT2D eigenvalue weighted by atomic mass is 10.0. The molecule has 4 heteroatoms. The Hall–Kier alpha value is -0.160. The quantitative estimate of drug-likeness (QED) is 0.644. The molecule has 4 nitrogen and oxygen atoms in total. The zero-order valence-electron chi connectivity index (χ0n) is 12.6.